The summed E-state index contributed by atoms with van der Waals surface area (Å²) >= 11 is 0. The molecule has 0 saturated carbocycles. The van der Waals surface area contributed by atoms with Crippen LogP contribution in [0, 0.1) is 23.3 Å². The Labute approximate surface area is 116 Å². The third-order valence-electron chi connectivity index (χ3n) is 2.69. The highest BCUT2D eigenvalue weighted by molar-refractivity contribution is 5.92. The van der Waals surface area contributed by atoms with Crippen LogP contribution in [0.25, 0.3) is 0 Å². The van der Waals surface area contributed by atoms with Crippen molar-refractivity contribution >= 4 is 5.91 Å². The van der Waals surface area contributed by atoms with Crippen molar-refractivity contribution in [2.45, 2.75) is 6.61 Å². The van der Waals surface area contributed by atoms with Gasteiger partial charge in [-0.2, -0.15) is 8.78 Å². The first kappa shape index (κ1) is 14.8. The number of carbonyl (C=O) groups excluding carboxylic acids is 1. The fourth-order valence-electron chi connectivity index (χ4n) is 1.60. The molecule has 3 nitrogen and oxygen atoms in total. The lowest BCUT2D eigenvalue weighted by atomic mass is 10.1. The van der Waals surface area contributed by atoms with Crippen LogP contribution in [-0.4, -0.2) is 5.91 Å². The Bertz CT molecular complexity index is 660. The van der Waals surface area contributed by atoms with Gasteiger partial charge in [-0.1, -0.05) is 12.1 Å². The molecular formula is C14H9F4NO2. The summed E-state index contributed by atoms with van der Waals surface area (Å²) in [6, 6.07) is 5.75. The maximum absolute atomic E-state index is 13.3. The summed E-state index contributed by atoms with van der Waals surface area (Å²) in [5, 5.41) is 0. The molecule has 0 saturated heterocycles. The zero-order valence-electron chi connectivity index (χ0n) is 10.5. The molecule has 0 aromatic heterocycles. The Morgan fingerprint density at radius 3 is 2.00 bits per heavy atom. The molecule has 0 fully saturated rings. The van der Waals surface area contributed by atoms with Gasteiger partial charge >= 0.3 is 0 Å². The Morgan fingerprint density at radius 1 is 1.00 bits per heavy atom. The van der Waals surface area contributed by atoms with Gasteiger partial charge in [0.2, 0.25) is 17.5 Å². The highest BCUT2D eigenvalue weighted by Gasteiger charge is 2.20. The molecule has 7 heteroatoms. The minimum absolute atomic E-state index is 0.0964. The Balaban J connectivity index is 2.18. The van der Waals surface area contributed by atoms with E-state index in [2.05, 4.69) is 0 Å². The second-order valence-electron chi connectivity index (χ2n) is 4.15. The zero-order chi connectivity index (χ0) is 15.6. The van der Waals surface area contributed by atoms with E-state index >= 15 is 0 Å². The number of rotatable bonds is 4. The molecule has 110 valence electrons. The molecule has 0 atom stereocenters. The van der Waals surface area contributed by atoms with Crippen molar-refractivity contribution in [2.75, 3.05) is 0 Å². The van der Waals surface area contributed by atoms with Crippen LogP contribution in [0.4, 0.5) is 17.6 Å². The number of nitrogens with two attached hydrogens (primary N) is 1. The monoisotopic (exact) mass is 299 g/mol. The Kier molecular flexibility index (Phi) is 4.11. The standard InChI is InChI=1S/C14H9F4NO2/c15-9-5-10(16)12(18)13(11(9)17)21-6-7-1-3-8(4-2-7)14(19)20/h1-5H,6H2,(H2,19,20). The summed E-state index contributed by atoms with van der Waals surface area (Å²) < 4.78 is 57.4. The van der Waals surface area contributed by atoms with E-state index < -0.39 is 34.9 Å². The number of hydrogen-bond donors (Lipinski definition) is 1. The number of primary amides is 1. The predicted octanol–water partition coefficient (Wildman–Crippen LogP) is 2.92. The maximum Gasteiger partial charge on any atom is 0.248 e. The molecule has 2 rings (SSSR count). The van der Waals surface area contributed by atoms with Crippen LogP contribution in [-0.2, 0) is 6.61 Å². The molecule has 0 spiro atoms. The quantitative estimate of drug-likeness (QED) is 0.697. The molecule has 2 aromatic rings. The van der Waals surface area contributed by atoms with E-state index in [-0.39, 0.29) is 18.2 Å². The van der Waals surface area contributed by atoms with Crippen molar-refractivity contribution in [1.82, 2.24) is 0 Å². The molecule has 0 aliphatic rings. The number of benzene rings is 2. The molecule has 0 heterocycles. The number of amides is 1. The van der Waals surface area contributed by atoms with Crippen molar-refractivity contribution in [3.8, 4) is 5.75 Å². The lowest BCUT2D eigenvalue weighted by Crippen LogP contribution is -2.10. The average molecular weight is 299 g/mol. The summed E-state index contributed by atoms with van der Waals surface area (Å²) in [5.41, 5.74) is 5.73. The van der Waals surface area contributed by atoms with Crippen LogP contribution in [0.3, 0.4) is 0 Å². The molecule has 2 aromatic carbocycles. The van der Waals surface area contributed by atoms with Crippen molar-refractivity contribution in [3.63, 3.8) is 0 Å². The summed E-state index contributed by atoms with van der Waals surface area (Å²) in [6.07, 6.45) is 0. The van der Waals surface area contributed by atoms with Crippen LogP contribution in [0.1, 0.15) is 15.9 Å². The Hall–Kier alpha value is -2.57. The first-order valence-electron chi connectivity index (χ1n) is 5.74. The van der Waals surface area contributed by atoms with E-state index in [4.69, 9.17) is 10.5 Å². The molecule has 0 aliphatic heterocycles. The van der Waals surface area contributed by atoms with Gasteiger partial charge in [-0.05, 0) is 17.7 Å². The normalized spacial score (nSPS) is 10.5. The molecule has 0 bridgehead atoms. The lowest BCUT2D eigenvalue weighted by Gasteiger charge is -2.09. The number of hydrogen-bond acceptors (Lipinski definition) is 2. The molecule has 2 N–H and O–H groups in total. The van der Waals surface area contributed by atoms with Crippen molar-refractivity contribution < 1.29 is 27.1 Å². The number of carbonyl (C=O) groups is 1. The van der Waals surface area contributed by atoms with E-state index in [9.17, 15) is 22.4 Å². The van der Waals surface area contributed by atoms with Crippen LogP contribution in [0.15, 0.2) is 30.3 Å². The fourth-order valence-corrected chi connectivity index (χ4v) is 1.60. The Morgan fingerprint density at radius 2 is 1.52 bits per heavy atom. The van der Waals surface area contributed by atoms with Crippen LogP contribution in [0.2, 0.25) is 0 Å². The van der Waals surface area contributed by atoms with E-state index in [0.717, 1.165) is 0 Å². The zero-order valence-corrected chi connectivity index (χ0v) is 10.5. The number of ether oxygens (including phenoxy) is 1. The van der Waals surface area contributed by atoms with Gasteiger partial charge in [0.05, 0.1) is 0 Å². The topological polar surface area (TPSA) is 52.3 Å². The molecular weight excluding hydrogens is 290 g/mol. The summed E-state index contributed by atoms with van der Waals surface area (Å²) in [5.74, 6) is -8.08. The second kappa shape index (κ2) is 5.82. The van der Waals surface area contributed by atoms with Gasteiger partial charge in [0.25, 0.3) is 0 Å². The second-order valence-corrected chi connectivity index (χ2v) is 4.15. The molecule has 0 aliphatic carbocycles. The molecule has 21 heavy (non-hydrogen) atoms. The van der Waals surface area contributed by atoms with Crippen LogP contribution in [0.5, 0.6) is 5.75 Å². The third-order valence-corrected chi connectivity index (χ3v) is 2.69. The summed E-state index contributed by atoms with van der Waals surface area (Å²) in [4.78, 5) is 10.9. The minimum Gasteiger partial charge on any atom is -0.483 e. The van der Waals surface area contributed by atoms with Gasteiger partial charge in [-0.3, -0.25) is 4.79 Å². The van der Waals surface area contributed by atoms with E-state index in [0.29, 0.717) is 5.56 Å². The van der Waals surface area contributed by atoms with Gasteiger partial charge in [0, 0.05) is 11.6 Å². The summed E-state index contributed by atoms with van der Waals surface area (Å²) in [6.45, 7) is -0.338. The number of halogens is 4. The van der Waals surface area contributed by atoms with Crippen molar-refractivity contribution in [3.05, 3.63) is 64.7 Å². The van der Waals surface area contributed by atoms with Crippen LogP contribution >= 0.6 is 0 Å². The van der Waals surface area contributed by atoms with Gasteiger partial charge in [0.15, 0.2) is 17.4 Å². The highest BCUT2D eigenvalue weighted by Crippen LogP contribution is 2.27. The van der Waals surface area contributed by atoms with Gasteiger partial charge in [-0.15, -0.1) is 0 Å². The van der Waals surface area contributed by atoms with E-state index in [1.807, 2.05) is 0 Å². The average Bonchev–Trinajstić information content (AvgIpc) is 2.45. The van der Waals surface area contributed by atoms with Crippen molar-refractivity contribution in [2.24, 2.45) is 5.73 Å². The maximum atomic E-state index is 13.3. The van der Waals surface area contributed by atoms with Gasteiger partial charge in [0.1, 0.15) is 6.61 Å². The highest BCUT2D eigenvalue weighted by atomic mass is 19.2. The van der Waals surface area contributed by atoms with Gasteiger partial charge in [-0.25, -0.2) is 8.78 Å². The first-order chi connectivity index (χ1) is 9.90. The van der Waals surface area contributed by atoms with Crippen molar-refractivity contribution in [1.29, 1.82) is 0 Å². The van der Waals surface area contributed by atoms with Crippen LogP contribution < -0.4 is 10.5 Å². The van der Waals surface area contributed by atoms with E-state index in [1.54, 1.807) is 0 Å². The fraction of sp³-hybridized carbons (Fsp3) is 0.0714. The molecule has 0 unspecified atom stereocenters. The lowest BCUT2D eigenvalue weighted by molar-refractivity contribution is 0.1000. The SMILES string of the molecule is NC(=O)c1ccc(COc2c(F)c(F)cc(F)c2F)cc1. The third kappa shape index (κ3) is 3.13. The predicted molar refractivity (Wildman–Crippen MR) is 65.6 cm³/mol. The van der Waals surface area contributed by atoms with Gasteiger partial charge < -0.3 is 10.5 Å². The minimum atomic E-state index is -1.61. The van der Waals surface area contributed by atoms with E-state index in [1.165, 1.54) is 24.3 Å². The smallest absolute Gasteiger partial charge is 0.248 e. The molecule has 0 radical (unpaired) electrons. The first-order valence-corrected chi connectivity index (χ1v) is 5.74. The summed E-state index contributed by atoms with van der Waals surface area (Å²) in [7, 11) is 0. The largest absolute Gasteiger partial charge is 0.483 e. The molecule has 1 amide bonds.